The molecule has 3 rings (SSSR count). The molecule has 2 aromatic rings. The zero-order valence-electron chi connectivity index (χ0n) is 11.1. The van der Waals surface area contributed by atoms with Crippen molar-refractivity contribution in [2.45, 2.75) is 32.0 Å². The SMILES string of the molecule is CC1C(Nc2nccs2)CCN1Cc1ccccc1. The predicted octanol–water partition coefficient (Wildman–Crippen LogP) is 3.22. The Morgan fingerprint density at radius 1 is 1.37 bits per heavy atom. The zero-order valence-corrected chi connectivity index (χ0v) is 11.9. The number of benzene rings is 1. The van der Waals surface area contributed by atoms with Crippen LogP contribution in [0.2, 0.25) is 0 Å². The Morgan fingerprint density at radius 3 is 2.95 bits per heavy atom. The van der Waals surface area contributed by atoms with Crippen molar-refractivity contribution in [2.75, 3.05) is 11.9 Å². The molecule has 3 nitrogen and oxygen atoms in total. The second-order valence-corrected chi connectivity index (χ2v) is 5.97. The number of hydrogen-bond acceptors (Lipinski definition) is 4. The van der Waals surface area contributed by atoms with Gasteiger partial charge in [0.2, 0.25) is 0 Å². The second-order valence-electron chi connectivity index (χ2n) is 5.07. The maximum absolute atomic E-state index is 4.31. The average molecular weight is 273 g/mol. The Balaban J connectivity index is 1.60. The number of likely N-dealkylation sites (tertiary alicyclic amines) is 1. The number of rotatable bonds is 4. The fourth-order valence-corrected chi connectivity index (χ4v) is 3.28. The van der Waals surface area contributed by atoms with Crippen LogP contribution in [-0.2, 0) is 6.54 Å². The Hall–Kier alpha value is -1.39. The monoisotopic (exact) mass is 273 g/mol. The second kappa shape index (κ2) is 5.72. The Morgan fingerprint density at radius 2 is 2.21 bits per heavy atom. The molecule has 0 aliphatic carbocycles. The zero-order chi connectivity index (χ0) is 13.1. The molecule has 4 heteroatoms. The van der Waals surface area contributed by atoms with Gasteiger partial charge < -0.3 is 5.32 Å². The molecule has 100 valence electrons. The molecule has 1 aliphatic heterocycles. The van der Waals surface area contributed by atoms with Crippen molar-refractivity contribution in [3.05, 3.63) is 47.5 Å². The lowest BCUT2D eigenvalue weighted by Gasteiger charge is -2.25. The van der Waals surface area contributed by atoms with E-state index in [1.54, 1.807) is 11.3 Å². The minimum atomic E-state index is 0.509. The number of aromatic nitrogens is 1. The van der Waals surface area contributed by atoms with E-state index in [-0.39, 0.29) is 0 Å². The number of nitrogens with one attached hydrogen (secondary N) is 1. The molecule has 0 spiro atoms. The molecule has 1 aromatic heterocycles. The summed E-state index contributed by atoms with van der Waals surface area (Å²) >= 11 is 1.68. The average Bonchev–Trinajstić information content (AvgIpc) is 3.05. The van der Waals surface area contributed by atoms with Gasteiger partial charge in [-0.2, -0.15) is 0 Å². The Labute approximate surface area is 118 Å². The highest BCUT2D eigenvalue weighted by Crippen LogP contribution is 2.24. The molecule has 0 radical (unpaired) electrons. The fraction of sp³-hybridized carbons (Fsp3) is 0.400. The van der Waals surface area contributed by atoms with E-state index in [2.05, 4.69) is 52.5 Å². The first-order chi connectivity index (χ1) is 9.33. The standard InChI is InChI=1S/C15H19N3S/c1-12-14(17-15-16-8-10-19-15)7-9-18(12)11-13-5-3-2-4-6-13/h2-6,8,10,12,14H,7,9,11H2,1H3,(H,16,17). The van der Waals surface area contributed by atoms with Crippen LogP contribution in [0.15, 0.2) is 41.9 Å². The molecule has 1 aliphatic rings. The van der Waals surface area contributed by atoms with Crippen LogP contribution in [0.3, 0.4) is 0 Å². The van der Waals surface area contributed by atoms with Gasteiger partial charge in [-0.15, -0.1) is 11.3 Å². The van der Waals surface area contributed by atoms with E-state index in [9.17, 15) is 0 Å². The molecule has 2 atom stereocenters. The van der Waals surface area contributed by atoms with Gasteiger partial charge in [-0.1, -0.05) is 30.3 Å². The summed E-state index contributed by atoms with van der Waals surface area (Å²) in [6.45, 7) is 4.50. The maximum atomic E-state index is 4.31. The highest BCUT2D eigenvalue weighted by Gasteiger charge is 2.30. The molecule has 1 saturated heterocycles. The van der Waals surface area contributed by atoms with Crippen LogP contribution in [0.5, 0.6) is 0 Å². The van der Waals surface area contributed by atoms with Gasteiger partial charge in [-0.05, 0) is 18.9 Å². The van der Waals surface area contributed by atoms with Crippen LogP contribution in [0.25, 0.3) is 0 Å². The van der Waals surface area contributed by atoms with Gasteiger partial charge in [-0.3, -0.25) is 4.90 Å². The van der Waals surface area contributed by atoms with Gasteiger partial charge in [-0.25, -0.2) is 4.98 Å². The van der Waals surface area contributed by atoms with Crippen molar-refractivity contribution < 1.29 is 0 Å². The highest BCUT2D eigenvalue weighted by molar-refractivity contribution is 7.13. The molecule has 0 bridgehead atoms. The summed E-state index contributed by atoms with van der Waals surface area (Å²) in [5.41, 5.74) is 1.39. The molecule has 1 aromatic carbocycles. The van der Waals surface area contributed by atoms with E-state index in [0.29, 0.717) is 12.1 Å². The highest BCUT2D eigenvalue weighted by atomic mass is 32.1. The third-order valence-electron chi connectivity index (χ3n) is 3.86. The van der Waals surface area contributed by atoms with Crippen molar-refractivity contribution in [2.24, 2.45) is 0 Å². The van der Waals surface area contributed by atoms with E-state index >= 15 is 0 Å². The maximum Gasteiger partial charge on any atom is 0.182 e. The van der Waals surface area contributed by atoms with E-state index < -0.39 is 0 Å². The van der Waals surface area contributed by atoms with Gasteiger partial charge >= 0.3 is 0 Å². The minimum absolute atomic E-state index is 0.509. The fourth-order valence-electron chi connectivity index (χ4n) is 2.69. The lowest BCUT2D eigenvalue weighted by molar-refractivity contribution is 0.255. The van der Waals surface area contributed by atoms with Crippen molar-refractivity contribution in [3.8, 4) is 0 Å². The van der Waals surface area contributed by atoms with Crippen LogP contribution in [-0.4, -0.2) is 28.5 Å². The van der Waals surface area contributed by atoms with E-state index in [1.807, 2.05) is 11.6 Å². The molecular weight excluding hydrogens is 254 g/mol. The van der Waals surface area contributed by atoms with E-state index in [0.717, 1.165) is 18.2 Å². The molecule has 2 unspecified atom stereocenters. The summed E-state index contributed by atoms with van der Waals surface area (Å²) in [5, 5.41) is 6.61. The van der Waals surface area contributed by atoms with Gasteiger partial charge in [0.05, 0.1) is 0 Å². The van der Waals surface area contributed by atoms with Crippen LogP contribution in [0.1, 0.15) is 18.9 Å². The molecule has 1 N–H and O–H groups in total. The van der Waals surface area contributed by atoms with E-state index in [1.165, 1.54) is 12.0 Å². The predicted molar refractivity (Wildman–Crippen MR) is 80.5 cm³/mol. The first-order valence-electron chi connectivity index (χ1n) is 6.77. The summed E-state index contributed by atoms with van der Waals surface area (Å²) in [6, 6.07) is 11.8. The summed E-state index contributed by atoms with van der Waals surface area (Å²) in [5.74, 6) is 0. The molecule has 0 amide bonds. The van der Waals surface area contributed by atoms with Crippen molar-refractivity contribution in [1.29, 1.82) is 0 Å². The first-order valence-corrected chi connectivity index (χ1v) is 7.65. The lowest BCUT2D eigenvalue weighted by atomic mass is 10.1. The minimum Gasteiger partial charge on any atom is -0.357 e. The largest absolute Gasteiger partial charge is 0.357 e. The van der Waals surface area contributed by atoms with Crippen LogP contribution >= 0.6 is 11.3 Å². The molecule has 0 saturated carbocycles. The van der Waals surface area contributed by atoms with Crippen molar-refractivity contribution in [3.63, 3.8) is 0 Å². The van der Waals surface area contributed by atoms with Gasteiger partial charge in [0.25, 0.3) is 0 Å². The number of anilines is 1. The third kappa shape index (κ3) is 2.96. The molecule has 1 fully saturated rings. The van der Waals surface area contributed by atoms with Crippen LogP contribution in [0, 0.1) is 0 Å². The number of nitrogens with zero attached hydrogens (tertiary/aromatic N) is 2. The van der Waals surface area contributed by atoms with E-state index in [4.69, 9.17) is 0 Å². The third-order valence-corrected chi connectivity index (χ3v) is 4.56. The summed E-state index contributed by atoms with van der Waals surface area (Å²) < 4.78 is 0. The number of thiazole rings is 1. The number of hydrogen-bond donors (Lipinski definition) is 1. The smallest absolute Gasteiger partial charge is 0.182 e. The van der Waals surface area contributed by atoms with Crippen molar-refractivity contribution in [1.82, 2.24) is 9.88 Å². The molecule has 19 heavy (non-hydrogen) atoms. The van der Waals surface area contributed by atoms with Gasteiger partial charge in [0, 0.05) is 36.8 Å². The van der Waals surface area contributed by atoms with Crippen LogP contribution in [0.4, 0.5) is 5.13 Å². The summed E-state index contributed by atoms with van der Waals surface area (Å²) in [6.07, 6.45) is 3.04. The summed E-state index contributed by atoms with van der Waals surface area (Å²) in [7, 11) is 0. The quantitative estimate of drug-likeness (QED) is 0.927. The molecule has 2 heterocycles. The Kier molecular flexibility index (Phi) is 3.80. The van der Waals surface area contributed by atoms with Gasteiger partial charge in [0.1, 0.15) is 0 Å². The summed E-state index contributed by atoms with van der Waals surface area (Å²) in [4.78, 5) is 6.85. The first kappa shape index (κ1) is 12.6. The molecular formula is C15H19N3S. The van der Waals surface area contributed by atoms with Gasteiger partial charge in [0.15, 0.2) is 5.13 Å². The van der Waals surface area contributed by atoms with Crippen molar-refractivity contribution >= 4 is 16.5 Å². The topological polar surface area (TPSA) is 28.2 Å². The normalized spacial score (nSPS) is 23.6. The Bertz CT molecular complexity index is 497. The van der Waals surface area contributed by atoms with Crippen LogP contribution < -0.4 is 5.32 Å². The lowest BCUT2D eigenvalue weighted by Crippen LogP contribution is -2.35.